The van der Waals surface area contributed by atoms with E-state index in [0.29, 0.717) is 18.4 Å². The molecule has 0 radical (unpaired) electrons. The second-order valence-electron chi connectivity index (χ2n) is 4.59. The number of rotatable bonds is 5. The van der Waals surface area contributed by atoms with Crippen LogP contribution in [0.25, 0.3) is 0 Å². The molecule has 0 amide bonds. The smallest absolute Gasteiger partial charge is 0.148 e. The van der Waals surface area contributed by atoms with Crippen LogP contribution in [0.3, 0.4) is 0 Å². The summed E-state index contributed by atoms with van der Waals surface area (Å²) in [5.74, 6) is 2.95. The number of ether oxygens (including phenoxy) is 1. The van der Waals surface area contributed by atoms with Gasteiger partial charge in [-0.05, 0) is 12.8 Å². The molecule has 1 aliphatic rings. The van der Waals surface area contributed by atoms with Crippen molar-refractivity contribution >= 4 is 11.6 Å². The maximum atomic E-state index is 5.90. The average Bonchev–Trinajstić information content (AvgIpc) is 2.80. The Kier molecular flexibility index (Phi) is 4.80. The minimum atomic E-state index is 0.420. The zero-order chi connectivity index (χ0) is 12.1. The molecular weight excluding hydrogens is 238 g/mol. The van der Waals surface area contributed by atoms with E-state index in [9.17, 15) is 0 Å². The summed E-state index contributed by atoms with van der Waals surface area (Å²) in [4.78, 5) is 0. The first-order chi connectivity index (χ1) is 8.36. The zero-order valence-electron chi connectivity index (χ0n) is 10.4. The minimum Gasteiger partial charge on any atom is -0.383 e. The molecule has 1 fully saturated rings. The molecule has 1 saturated carbocycles. The molecule has 0 aromatic carbocycles. The highest BCUT2D eigenvalue weighted by molar-refractivity contribution is 6.16. The fourth-order valence-corrected chi connectivity index (χ4v) is 2.73. The molecule has 0 spiro atoms. The lowest BCUT2D eigenvalue weighted by Crippen LogP contribution is -2.16. The molecule has 0 N–H and O–H groups in total. The first-order valence-electron chi connectivity index (χ1n) is 6.33. The summed E-state index contributed by atoms with van der Waals surface area (Å²) in [6.45, 7) is 1.49. The van der Waals surface area contributed by atoms with Gasteiger partial charge in [0.1, 0.15) is 11.6 Å². The van der Waals surface area contributed by atoms with Crippen LogP contribution < -0.4 is 0 Å². The molecule has 0 atom stereocenters. The number of hydrogen-bond donors (Lipinski definition) is 0. The van der Waals surface area contributed by atoms with Crippen molar-refractivity contribution in [1.82, 2.24) is 14.8 Å². The Bertz CT molecular complexity index is 348. The van der Waals surface area contributed by atoms with E-state index in [1.165, 1.54) is 32.1 Å². The third kappa shape index (κ3) is 2.99. The number of hydrogen-bond acceptors (Lipinski definition) is 3. The molecule has 17 heavy (non-hydrogen) atoms. The predicted molar refractivity (Wildman–Crippen MR) is 67.3 cm³/mol. The number of methoxy groups -OCH3 is 1. The molecule has 2 rings (SSSR count). The predicted octanol–water partition coefficient (Wildman–Crippen LogP) is 2.71. The van der Waals surface area contributed by atoms with E-state index >= 15 is 0 Å². The molecule has 1 heterocycles. The third-order valence-corrected chi connectivity index (χ3v) is 3.70. The normalized spacial score (nSPS) is 17.5. The molecule has 0 saturated heterocycles. The van der Waals surface area contributed by atoms with E-state index in [2.05, 4.69) is 14.8 Å². The van der Waals surface area contributed by atoms with E-state index < -0.39 is 0 Å². The van der Waals surface area contributed by atoms with Crippen molar-refractivity contribution < 1.29 is 4.74 Å². The number of aromatic nitrogens is 3. The summed E-state index contributed by atoms with van der Waals surface area (Å²) in [5, 5.41) is 8.52. The first kappa shape index (κ1) is 12.8. The summed E-state index contributed by atoms with van der Waals surface area (Å²) < 4.78 is 7.28. The van der Waals surface area contributed by atoms with Crippen molar-refractivity contribution in [3.63, 3.8) is 0 Å². The Morgan fingerprint density at radius 2 is 2.06 bits per heavy atom. The number of nitrogens with zero attached hydrogens (tertiary/aromatic N) is 3. The van der Waals surface area contributed by atoms with Crippen LogP contribution in [0.4, 0.5) is 0 Å². The maximum absolute atomic E-state index is 5.90. The lowest BCUT2D eigenvalue weighted by Gasteiger charge is -2.21. The van der Waals surface area contributed by atoms with Crippen LogP contribution in [0.1, 0.15) is 49.7 Å². The Labute approximate surface area is 107 Å². The van der Waals surface area contributed by atoms with E-state index in [-0.39, 0.29) is 0 Å². The minimum absolute atomic E-state index is 0.420. The van der Waals surface area contributed by atoms with Gasteiger partial charge in [0, 0.05) is 19.6 Å². The van der Waals surface area contributed by atoms with Crippen LogP contribution in [-0.4, -0.2) is 28.5 Å². The van der Waals surface area contributed by atoms with Gasteiger partial charge in [0.05, 0.1) is 12.5 Å². The number of alkyl halides is 1. The Morgan fingerprint density at radius 3 is 2.71 bits per heavy atom. The quantitative estimate of drug-likeness (QED) is 0.762. The average molecular weight is 258 g/mol. The van der Waals surface area contributed by atoms with Gasteiger partial charge in [-0.3, -0.25) is 0 Å². The van der Waals surface area contributed by atoms with E-state index in [0.717, 1.165) is 18.2 Å². The Hall–Kier alpha value is -0.610. The molecule has 1 aromatic rings. The third-order valence-electron chi connectivity index (χ3n) is 3.46. The molecule has 1 aliphatic carbocycles. The van der Waals surface area contributed by atoms with Gasteiger partial charge in [-0.25, -0.2) is 0 Å². The summed E-state index contributed by atoms with van der Waals surface area (Å²) in [6.07, 6.45) is 6.42. The van der Waals surface area contributed by atoms with E-state index in [1.807, 2.05) is 0 Å². The largest absolute Gasteiger partial charge is 0.383 e. The highest BCUT2D eigenvalue weighted by Crippen LogP contribution is 2.31. The van der Waals surface area contributed by atoms with Gasteiger partial charge in [0.2, 0.25) is 0 Å². The standard InChI is InChI=1S/C12H20ClN3O/c1-17-8-7-16-11(9-13)14-15-12(16)10-5-3-2-4-6-10/h10H,2-9H2,1H3. The fraction of sp³-hybridized carbons (Fsp3) is 0.833. The second-order valence-corrected chi connectivity index (χ2v) is 4.85. The molecule has 0 aliphatic heterocycles. The highest BCUT2D eigenvalue weighted by Gasteiger charge is 2.22. The fourth-order valence-electron chi connectivity index (χ4n) is 2.54. The first-order valence-corrected chi connectivity index (χ1v) is 6.87. The van der Waals surface area contributed by atoms with E-state index in [1.54, 1.807) is 7.11 Å². The topological polar surface area (TPSA) is 39.9 Å². The van der Waals surface area contributed by atoms with Crippen molar-refractivity contribution in [2.24, 2.45) is 0 Å². The summed E-state index contributed by atoms with van der Waals surface area (Å²) in [6, 6.07) is 0. The SMILES string of the molecule is COCCn1c(CCl)nnc1C1CCCCC1. The molecule has 1 aromatic heterocycles. The summed E-state index contributed by atoms with van der Waals surface area (Å²) in [7, 11) is 1.71. The zero-order valence-corrected chi connectivity index (χ0v) is 11.1. The van der Waals surface area contributed by atoms with Crippen LogP contribution in [0.5, 0.6) is 0 Å². The highest BCUT2D eigenvalue weighted by atomic mass is 35.5. The lowest BCUT2D eigenvalue weighted by molar-refractivity contribution is 0.184. The molecule has 0 bridgehead atoms. The van der Waals surface area contributed by atoms with Crippen molar-refractivity contribution in [2.45, 2.75) is 50.4 Å². The monoisotopic (exact) mass is 257 g/mol. The van der Waals surface area contributed by atoms with Gasteiger partial charge < -0.3 is 9.30 Å². The Morgan fingerprint density at radius 1 is 1.29 bits per heavy atom. The number of halogens is 1. The van der Waals surface area contributed by atoms with Gasteiger partial charge in [-0.2, -0.15) is 0 Å². The van der Waals surface area contributed by atoms with Gasteiger partial charge in [-0.15, -0.1) is 21.8 Å². The van der Waals surface area contributed by atoms with Crippen molar-refractivity contribution in [3.8, 4) is 0 Å². The molecule has 0 unspecified atom stereocenters. The van der Waals surface area contributed by atoms with Crippen molar-refractivity contribution in [2.75, 3.05) is 13.7 Å². The van der Waals surface area contributed by atoms with Crippen LogP contribution in [0, 0.1) is 0 Å². The maximum Gasteiger partial charge on any atom is 0.148 e. The molecule has 4 nitrogen and oxygen atoms in total. The van der Waals surface area contributed by atoms with Gasteiger partial charge >= 0.3 is 0 Å². The van der Waals surface area contributed by atoms with Gasteiger partial charge in [0.25, 0.3) is 0 Å². The summed E-state index contributed by atoms with van der Waals surface area (Å²) in [5.41, 5.74) is 0. The second kappa shape index (κ2) is 6.36. The Balaban J connectivity index is 2.16. The summed E-state index contributed by atoms with van der Waals surface area (Å²) >= 11 is 5.90. The van der Waals surface area contributed by atoms with Crippen LogP contribution in [-0.2, 0) is 17.2 Å². The molecular formula is C12H20ClN3O. The van der Waals surface area contributed by atoms with Gasteiger partial charge in [-0.1, -0.05) is 19.3 Å². The van der Waals surface area contributed by atoms with Gasteiger partial charge in [0.15, 0.2) is 0 Å². The van der Waals surface area contributed by atoms with Crippen LogP contribution in [0.2, 0.25) is 0 Å². The van der Waals surface area contributed by atoms with Crippen molar-refractivity contribution in [3.05, 3.63) is 11.6 Å². The van der Waals surface area contributed by atoms with Crippen LogP contribution in [0.15, 0.2) is 0 Å². The van der Waals surface area contributed by atoms with E-state index in [4.69, 9.17) is 16.3 Å². The van der Waals surface area contributed by atoms with Crippen molar-refractivity contribution in [1.29, 1.82) is 0 Å². The molecule has 96 valence electrons. The lowest BCUT2D eigenvalue weighted by atomic mass is 9.88. The molecule has 5 heteroatoms. The van der Waals surface area contributed by atoms with Crippen LogP contribution >= 0.6 is 11.6 Å².